The van der Waals surface area contributed by atoms with Crippen LogP contribution in [0.1, 0.15) is 53.4 Å². The van der Waals surface area contributed by atoms with Crippen molar-refractivity contribution < 1.29 is 14.7 Å². The van der Waals surface area contributed by atoms with Gasteiger partial charge in [-0.1, -0.05) is 20.8 Å². The van der Waals surface area contributed by atoms with Crippen molar-refractivity contribution in [3.63, 3.8) is 0 Å². The maximum Gasteiger partial charge on any atom is 0.314 e. The molecule has 0 saturated carbocycles. The molecule has 5 heteroatoms. The quantitative estimate of drug-likeness (QED) is 0.613. The molecule has 0 aromatic heterocycles. The van der Waals surface area contributed by atoms with Gasteiger partial charge in [-0.25, -0.2) is 4.79 Å². The van der Waals surface area contributed by atoms with E-state index in [9.17, 15) is 9.59 Å². The lowest BCUT2D eigenvalue weighted by Gasteiger charge is -2.21. The van der Waals surface area contributed by atoms with Crippen molar-refractivity contribution in [3.05, 3.63) is 0 Å². The third-order valence-corrected chi connectivity index (χ3v) is 2.56. The van der Waals surface area contributed by atoms with Crippen molar-refractivity contribution in [2.75, 3.05) is 6.54 Å². The van der Waals surface area contributed by atoms with Crippen molar-refractivity contribution in [3.8, 4) is 0 Å². The van der Waals surface area contributed by atoms with E-state index in [2.05, 4.69) is 31.4 Å². The van der Waals surface area contributed by atoms with Crippen LogP contribution >= 0.6 is 0 Å². The Morgan fingerprint density at radius 1 is 1.28 bits per heavy atom. The molecule has 0 aliphatic heterocycles. The number of carboxylic acid groups (broad SMARTS) is 1. The van der Waals surface area contributed by atoms with Crippen LogP contribution in [0.2, 0.25) is 0 Å². The van der Waals surface area contributed by atoms with E-state index in [-0.39, 0.29) is 23.9 Å². The average molecular weight is 258 g/mol. The van der Waals surface area contributed by atoms with Crippen LogP contribution in [0.25, 0.3) is 0 Å². The summed E-state index contributed by atoms with van der Waals surface area (Å²) in [5.41, 5.74) is 0.272. The molecule has 2 amide bonds. The molecule has 0 aromatic rings. The Labute approximate surface area is 109 Å². The number of carbonyl (C=O) groups excluding carboxylic acids is 1. The number of amides is 2. The molecule has 0 bridgehead atoms. The fourth-order valence-corrected chi connectivity index (χ4v) is 1.44. The highest BCUT2D eigenvalue weighted by atomic mass is 16.4. The van der Waals surface area contributed by atoms with Crippen LogP contribution in [-0.4, -0.2) is 29.7 Å². The second-order valence-corrected chi connectivity index (χ2v) is 5.90. The first-order chi connectivity index (χ1) is 8.20. The molecule has 1 atom stereocenters. The molecule has 0 heterocycles. The molecule has 5 nitrogen and oxygen atoms in total. The zero-order chi connectivity index (χ0) is 14.2. The summed E-state index contributed by atoms with van der Waals surface area (Å²) < 4.78 is 0. The standard InChI is InChI=1S/C13H26N2O3/c1-10(7-8-13(2,3)4)15-12(18)14-9-5-6-11(16)17/h10H,5-9H2,1-4H3,(H,16,17)(H2,14,15,18). The normalized spacial score (nSPS) is 12.9. The monoisotopic (exact) mass is 258 g/mol. The third-order valence-electron chi connectivity index (χ3n) is 2.56. The Bertz CT molecular complexity index is 272. The lowest BCUT2D eigenvalue weighted by Crippen LogP contribution is -2.41. The van der Waals surface area contributed by atoms with E-state index in [0.717, 1.165) is 12.8 Å². The van der Waals surface area contributed by atoms with E-state index in [1.165, 1.54) is 0 Å². The van der Waals surface area contributed by atoms with Gasteiger partial charge in [0.2, 0.25) is 0 Å². The van der Waals surface area contributed by atoms with Gasteiger partial charge in [0.25, 0.3) is 0 Å². The predicted molar refractivity (Wildman–Crippen MR) is 71.6 cm³/mol. The molecule has 0 aliphatic rings. The van der Waals surface area contributed by atoms with E-state index in [4.69, 9.17) is 5.11 Å². The van der Waals surface area contributed by atoms with Gasteiger partial charge in [0.1, 0.15) is 0 Å². The van der Waals surface area contributed by atoms with Gasteiger partial charge in [-0.05, 0) is 31.6 Å². The summed E-state index contributed by atoms with van der Waals surface area (Å²) in [6.07, 6.45) is 2.53. The van der Waals surface area contributed by atoms with Crippen molar-refractivity contribution in [2.24, 2.45) is 5.41 Å². The SMILES string of the molecule is CC(CCC(C)(C)C)NC(=O)NCCCC(=O)O. The second-order valence-electron chi connectivity index (χ2n) is 5.90. The Hall–Kier alpha value is -1.26. The number of carboxylic acids is 1. The maximum absolute atomic E-state index is 11.5. The molecule has 0 spiro atoms. The van der Waals surface area contributed by atoms with Gasteiger partial charge in [0.15, 0.2) is 0 Å². The second kappa shape index (κ2) is 7.95. The summed E-state index contributed by atoms with van der Waals surface area (Å²) >= 11 is 0. The zero-order valence-electron chi connectivity index (χ0n) is 11.9. The number of rotatable bonds is 7. The molecule has 18 heavy (non-hydrogen) atoms. The minimum absolute atomic E-state index is 0.0832. The maximum atomic E-state index is 11.5. The zero-order valence-corrected chi connectivity index (χ0v) is 11.9. The molecule has 0 radical (unpaired) electrons. The summed E-state index contributed by atoms with van der Waals surface area (Å²) in [5, 5.41) is 13.9. The van der Waals surface area contributed by atoms with Gasteiger partial charge < -0.3 is 15.7 Å². The smallest absolute Gasteiger partial charge is 0.314 e. The Kier molecular flexibility index (Phi) is 7.39. The summed E-state index contributed by atoms with van der Waals surface area (Å²) in [5.74, 6) is -0.837. The molecule has 3 N–H and O–H groups in total. The largest absolute Gasteiger partial charge is 0.481 e. The topological polar surface area (TPSA) is 78.4 Å². The highest BCUT2D eigenvalue weighted by molar-refractivity contribution is 5.74. The van der Waals surface area contributed by atoms with Crippen LogP contribution in [0.15, 0.2) is 0 Å². The van der Waals surface area contributed by atoms with E-state index in [1.54, 1.807) is 0 Å². The molecule has 0 fully saturated rings. The first kappa shape index (κ1) is 16.7. The van der Waals surface area contributed by atoms with Crippen molar-refractivity contribution in [1.29, 1.82) is 0 Å². The first-order valence-electron chi connectivity index (χ1n) is 6.47. The Balaban J connectivity index is 3.64. The summed E-state index contributed by atoms with van der Waals surface area (Å²) in [4.78, 5) is 21.7. The summed E-state index contributed by atoms with van der Waals surface area (Å²) in [6.45, 7) is 8.88. The van der Waals surface area contributed by atoms with E-state index in [1.807, 2.05) is 6.92 Å². The van der Waals surface area contributed by atoms with Crippen LogP contribution in [0.5, 0.6) is 0 Å². The lowest BCUT2D eigenvalue weighted by atomic mass is 9.89. The fourth-order valence-electron chi connectivity index (χ4n) is 1.44. The molecular weight excluding hydrogens is 232 g/mol. The number of urea groups is 1. The van der Waals surface area contributed by atoms with Crippen LogP contribution in [-0.2, 0) is 4.79 Å². The van der Waals surface area contributed by atoms with E-state index in [0.29, 0.717) is 13.0 Å². The molecule has 0 aromatic carbocycles. The molecule has 106 valence electrons. The van der Waals surface area contributed by atoms with Crippen LogP contribution in [0, 0.1) is 5.41 Å². The van der Waals surface area contributed by atoms with Gasteiger partial charge in [0, 0.05) is 19.0 Å². The number of hydrogen-bond donors (Lipinski definition) is 3. The highest BCUT2D eigenvalue weighted by Crippen LogP contribution is 2.21. The molecule has 0 aliphatic carbocycles. The number of hydrogen-bond acceptors (Lipinski definition) is 2. The molecule has 0 saturated heterocycles. The fraction of sp³-hybridized carbons (Fsp3) is 0.846. The predicted octanol–water partition coefficient (Wildman–Crippen LogP) is 2.37. The summed E-state index contributed by atoms with van der Waals surface area (Å²) in [7, 11) is 0. The molecule has 1 unspecified atom stereocenters. The van der Waals surface area contributed by atoms with E-state index >= 15 is 0 Å². The van der Waals surface area contributed by atoms with E-state index < -0.39 is 5.97 Å². The van der Waals surface area contributed by atoms with Crippen LogP contribution in [0.3, 0.4) is 0 Å². The number of nitrogens with one attached hydrogen (secondary N) is 2. The van der Waals surface area contributed by atoms with Gasteiger partial charge in [-0.15, -0.1) is 0 Å². The van der Waals surface area contributed by atoms with Gasteiger partial charge in [0.05, 0.1) is 0 Å². The van der Waals surface area contributed by atoms with Gasteiger partial charge >= 0.3 is 12.0 Å². The molecule has 0 rings (SSSR count). The average Bonchev–Trinajstić information content (AvgIpc) is 2.20. The minimum Gasteiger partial charge on any atom is -0.481 e. The molecular formula is C13H26N2O3. The van der Waals surface area contributed by atoms with Gasteiger partial charge in [-0.3, -0.25) is 4.79 Å². The van der Waals surface area contributed by atoms with Gasteiger partial charge in [-0.2, -0.15) is 0 Å². The number of carbonyl (C=O) groups is 2. The highest BCUT2D eigenvalue weighted by Gasteiger charge is 2.13. The van der Waals surface area contributed by atoms with Crippen molar-refractivity contribution in [1.82, 2.24) is 10.6 Å². The third kappa shape index (κ3) is 11.2. The first-order valence-corrected chi connectivity index (χ1v) is 6.47. The number of aliphatic carboxylic acids is 1. The van der Waals surface area contributed by atoms with Crippen molar-refractivity contribution >= 4 is 12.0 Å². The Morgan fingerprint density at radius 2 is 1.89 bits per heavy atom. The van der Waals surface area contributed by atoms with Crippen LogP contribution < -0.4 is 10.6 Å². The Morgan fingerprint density at radius 3 is 2.39 bits per heavy atom. The van der Waals surface area contributed by atoms with Crippen LogP contribution in [0.4, 0.5) is 4.79 Å². The summed E-state index contributed by atoms with van der Waals surface area (Å²) in [6, 6.07) is -0.0921. The lowest BCUT2D eigenvalue weighted by molar-refractivity contribution is -0.137. The minimum atomic E-state index is -0.837. The van der Waals surface area contributed by atoms with Crippen molar-refractivity contribution in [2.45, 2.75) is 59.4 Å².